The van der Waals surface area contributed by atoms with Gasteiger partial charge in [-0.05, 0) is 23.8 Å². The molecule has 8 nitrogen and oxygen atoms in total. The summed E-state index contributed by atoms with van der Waals surface area (Å²) >= 11 is 0. The van der Waals surface area contributed by atoms with Crippen molar-refractivity contribution >= 4 is 12.0 Å². The minimum atomic E-state index is -1.75. The van der Waals surface area contributed by atoms with Crippen LogP contribution in [0, 0.1) is 5.82 Å². The van der Waals surface area contributed by atoms with Gasteiger partial charge in [0.1, 0.15) is 30.2 Å². The summed E-state index contributed by atoms with van der Waals surface area (Å²) in [4.78, 5) is 11.3. The van der Waals surface area contributed by atoms with E-state index >= 15 is 0 Å². The molecule has 0 aromatic heterocycles. The molecule has 5 unspecified atom stereocenters. The number of aliphatic hydroxyl groups excluding tert-OH is 4. The Kier molecular flexibility index (Phi) is 5.86. The Balaban J connectivity index is 2.22. The van der Waals surface area contributed by atoms with Crippen LogP contribution in [0.15, 0.2) is 30.0 Å². The number of carboxylic acids is 1. The van der Waals surface area contributed by atoms with Crippen molar-refractivity contribution < 1.29 is 44.2 Å². The largest absolute Gasteiger partial charge is 0.475 e. The molecule has 132 valence electrons. The molecule has 1 heterocycles. The molecule has 0 radical (unpaired) electrons. The Hall–Kier alpha value is -2.04. The molecule has 0 aliphatic carbocycles. The molecule has 5 N–H and O–H groups in total. The van der Waals surface area contributed by atoms with Gasteiger partial charge in [0.15, 0.2) is 0 Å². The maximum Gasteiger partial charge on any atom is 0.371 e. The van der Waals surface area contributed by atoms with Gasteiger partial charge in [-0.3, -0.25) is 0 Å². The summed E-state index contributed by atoms with van der Waals surface area (Å²) < 4.78 is 23.3. The lowest BCUT2D eigenvalue weighted by atomic mass is 9.99. The average molecular weight is 344 g/mol. The summed E-state index contributed by atoms with van der Waals surface area (Å²) in [5.41, 5.74) is 0.192. The van der Waals surface area contributed by atoms with Crippen molar-refractivity contribution in [2.24, 2.45) is 0 Å². The second-order valence-corrected chi connectivity index (χ2v) is 5.18. The highest BCUT2D eigenvalue weighted by Gasteiger charge is 2.45. The van der Waals surface area contributed by atoms with Gasteiger partial charge in [-0.2, -0.15) is 0 Å². The van der Waals surface area contributed by atoms with E-state index in [0.717, 1.165) is 12.1 Å². The fourth-order valence-electron chi connectivity index (χ4n) is 2.18. The highest BCUT2D eigenvalue weighted by atomic mass is 19.1. The number of hydrogen-bond donors (Lipinski definition) is 5. The van der Waals surface area contributed by atoms with Crippen LogP contribution in [0.1, 0.15) is 5.56 Å². The number of benzene rings is 1. The molecule has 0 amide bonds. The first-order chi connectivity index (χ1) is 11.3. The first-order valence-electron chi connectivity index (χ1n) is 7.01. The monoisotopic (exact) mass is 344 g/mol. The molecule has 1 fully saturated rings. The maximum absolute atomic E-state index is 13.2. The van der Waals surface area contributed by atoms with Crippen LogP contribution in [0.4, 0.5) is 4.39 Å². The third-order valence-corrected chi connectivity index (χ3v) is 3.45. The third kappa shape index (κ3) is 4.08. The van der Waals surface area contributed by atoms with Gasteiger partial charge in [-0.1, -0.05) is 12.1 Å². The minimum Gasteiger partial charge on any atom is -0.475 e. The van der Waals surface area contributed by atoms with E-state index < -0.39 is 54.9 Å². The van der Waals surface area contributed by atoms with Gasteiger partial charge in [0.05, 0.1) is 6.61 Å². The van der Waals surface area contributed by atoms with E-state index in [1.54, 1.807) is 0 Å². The Bertz CT molecular complexity index is 617. The summed E-state index contributed by atoms with van der Waals surface area (Å²) in [5.74, 6) is -2.78. The van der Waals surface area contributed by atoms with Gasteiger partial charge in [0, 0.05) is 0 Å². The highest BCUT2D eigenvalue weighted by molar-refractivity contribution is 5.89. The minimum absolute atomic E-state index is 0.192. The van der Waals surface area contributed by atoms with Crippen molar-refractivity contribution in [3.63, 3.8) is 0 Å². The van der Waals surface area contributed by atoms with E-state index in [-0.39, 0.29) is 5.56 Å². The summed E-state index contributed by atoms with van der Waals surface area (Å²) in [7, 11) is 0. The van der Waals surface area contributed by atoms with E-state index in [4.69, 9.17) is 14.6 Å². The maximum atomic E-state index is 13.2. The van der Waals surface area contributed by atoms with Crippen molar-refractivity contribution in [2.75, 3.05) is 6.61 Å². The van der Waals surface area contributed by atoms with E-state index in [2.05, 4.69) is 0 Å². The van der Waals surface area contributed by atoms with Gasteiger partial charge in [0.25, 0.3) is 0 Å². The number of rotatable bonds is 5. The Morgan fingerprint density at radius 3 is 2.54 bits per heavy atom. The predicted molar refractivity (Wildman–Crippen MR) is 76.9 cm³/mol. The van der Waals surface area contributed by atoms with Crippen molar-refractivity contribution in [2.45, 2.75) is 30.7 Å². The molecular weight excluding hydrogens is 327 g/mol. The number of halogens is 1. The number of ether oxygens (including phenoxy) is 2. The van der Waals surface area contributed by atoms with E-state index in [0.29, 0.717) is 0 Å². The Labute approximate surface area is 136 Å². The van der Waals surface area contributed by atoms with Crippen LogP contribution in [0.5, 0.6) is 0 Å². The van der Waals surface area contributed by atoms with Crippen LogP contribution in [0.3, 0.4) is 0 Å². The molecule has 5 atom stereocenters. The zero-order valence-corrected chi connectivity index (χ0v) is 12.3. The summed E-state index contributed by atoms with van der Waals surface area (Å²) in [5, 5.41) is 47.4. The Morgan fingerprint density at radius 2 is 1.96 bits per heavy atom. The van der Waals surface area contributed by atoms with E-state index in [1.165, 1.54) is 18.2 Å². The Morgan fingerprint density at radius 1 is 1.25 bits per heavy atom. The molecule has 24 heavy (non-hydrogen) atoms. The normalized spacial score (nSPS) is 30.9. The van der Waals surface area contributed by atoms with Crippen molar-refractivity contribution in [1.82, 2.24) is 0 Å². The molecule has 1 aliphatic rings. The molecule has 0 saturated carbocycles. The first-order valence-corrected chi connectivity index (χ1v) is 7.01. The van der Waals surface area contributed by atoms with Gasteiger partial charge in [0.2, 0.25) is 12.0 Å². The SMILES string of the molecule is O=C(O)C(=Cc1cccc(F)c1)OC1OC(CO)C(O)C(O)C1O. The molecule has 1 saturated heterocycles. The number of carboxylic acid groups (broad SMARTS) is 1. The molecular formula is C15H17FO8. The number of aliphatic hydroxyl groups is 4. The standard InChI is InChI=1S/C15H17FO8/c16-8-3-1-2-7(4-8)5-9(14(21)22)23-15-13(20)12(19)11(18)10(6-17)24-15/h1-5,10-13,15,17-20H,6H2,(H,21,22). The number of aliphatic carboxylic acids is 1. The highest BCUT2D eigenvalue weighted by Crippen LogP contribution is 2.24. The van der Waals surface area contributed by atoms with Crippen LogP contribution < -0.4 is 0 Å². The molecule has 1 aromatic rings. The molecule has 1 aliphatic heterocycles. The zero-order chi connectivity index (χ0) is 17.9. The van der Waals surface area contributed by atoms with Gasteiger partial charge < -0.3 is 35.0 Å². The molecule has 9 heteroatoms. The quantitative estimate of drug-likeness (QED) is 0.341. The van der Waals surface area contributed by atoms with Crippen LogP contribution in [-0.2, 0) is 14.3 Å². The van der Waals surface area contributed by atoms with E-state index in [1.807, 2.05) is 0 Å². The summed E-state index contributed by atoms with van der Waals surface area (Å²) in [6.45, 7) is -0.680. The fraction of sp³-hybridized carbons (Fsp3) is 0.400. The van der Waals surface area contributed by atoms with Crippen LogP contribution >= 0.6 is 0 Å². The van der Waals surface area contributed by atoms with Gasteiger partial charge in [-0.25, -0.2) is 9.18 Å². The van der Waals surface area contributed by atoms with Crippen LogP contribution in [0.2, 0.25) is 0 Å². The second-order valence-electron chi connectivity index (χ2n) is 5.18. The number of hydrogen-bond acceptors (Lipinski definition) is 7. The average Bonchev–Trinajstić information content (AvgIpc) is 2.54. The van der Waals surface area contributed by atoms with Crippen molar-refractivity contribution in [3.8, 4) is 0 Å². The van der Waals surface area contributed by atoms with E-state index in [9.17, 15) is 29.6 Å². The molecule has 0 spiro atoms. The fourth-order valence-corrected chi connectivity index (χ4v) is 2.18. The summed E-state index contributed by atoms with van der Waals surface area (Å²) in [6, 6.07) is 5.05. The lowest BCUT2D eigenvalue weighted by Crippen LogP contribution is -2.59. The van der Waals surface area contributed by atoms with Crippen molar-refractivity contribution in [3.05, 3.63) is 41.4 Å². The lowest BCUT2D eigenvalue weighted by molar-refractivity contribution is -0.291. The summed E-state index contributed by atoms with van der Waals surface area (Å²) in [6.07, 6.45) is -6.92. The lowest BCUT2D eigenvalue weighted by Gasteiger charge is -2.39. The molecule has 0 bridgehead atoms. The third-order valence-electron chi connectivity index (χ3n) is 3.45. The smallest absolute Gasteiger partial charge is 0.371 e. The second kappa shape index (κ2) is 7.69. The van der Waals surface area contributed by atoms with Crippen LogP contribution in [0.25, 0.3) is 6.08 Å². The first kappa shape index (κ1) is 18.3. The predicted octanol–water partition coefficient (Wildman–Crippen LogP) is -0.932. The zero-order valence-electron chi connectivity index (χ0n) is 12.3. The topological polar surface area (TPSA) is 137 Å². The van der Waals surface area contributed by atoms with Crippen molar-refractivity contribution in [1.29, 1.82) is 0 Å². The van der Waals surface area contributed by atoms with Gasteiger partial charge >= 0.3 is 5.97 Å². The van der Waals surface area contributed by atoms with Gasteiger partial charge in [-0.15, -0.1) is 0 Å². The molecule has 1 aromatic carbocycles. The van der Waals surface area contributed by atoms with Crippen LogP contribution in [-0.4, -0.2) is 68.8 Å². The molecule has 2 rings (SSSR count). The number of carbonyl (C=O) groups is 1.